The van der Waals surface area contributed by atoms with Crippen LogP contribution in [0.15, 0.2) is 133 Å². The molecule has 0 fully saturated rings. The molecule has 0 aliphatic rings. The molecule has 0 bridgehead atoms. The van der Waals surface area contributed by atoms with E-state index in [1.807, 2.05) is 51.1 Å². The van der Waals surface area contributed by atoms with Crippen molar-refractivity contribution in [3.8, 4) is 0 Å². The maximum absolute atomic E-state index is 14.6. The highest BCUT2D eigenvalue weighted by Gasteiger charge is 2.34. The van der Waals surface area contributed by atoms with Gasteiger partial charge in [0.1, 0.15) is 0 Å². The van der Waals surface area contributed by atoms with Gasteiger partial charge in [0, 0.05) is 25.0 Å². The lowest BCUT2D eigenvalue weighted by Crippen LogP contribution is -2.42. The number of nitrogens with zero attached hydrogens (tertiary/aromatic N) is 2. The van der Waals surface area contributed by atoms with Crippen molar-refractivity contribution >= 4 is 16.7 Å². The molecule has 1 amide bonds. The third-order valence-electron chi connectivity index (χ3n) is 8.18. The molecule has 5 rings (SSSR count). The van der Waals surface area contributed by atoms with Crippen molar-refractivity contribution in [3.63, 3.8) is 0 Å². The van der Waals surface area contributed by atoms with Crippen LogP contribution in [0, 0.1) is 0 Å². The molecule has 44 heavy (non-hydrogen) atoms. The summed E-state index contributed by atoms with van der Waals surface area (Å²) in [5, 5.41) is 3.90. The van der Waals surface area contributed by atoms with E-state index in [9.17, 15) is 4.79 Å². The van der Waals surface area contributed by atoms with Crippen LogP contribution >= 0.6 is 0 Å². The molecule has 4 heteroatoms. The van der Waals surface area contributed by atoms with Crippen LogP contribution in [-0.4, -0.2) is 21.5 Å². The van der Waals surface area contributed by atoms with E-state index in [1.165, 1.54) is 11.1 Å². The summed E-state index contributed by atoms with van der Waals surface area (Å²) in [4.78, 5) is 23.6. The number of carbonyl (C=O) groups excluding carboxylic acids is 1. The highest BCUT2D eigenvalue weighted by atomic mass is 16.7. The Labute approximate surface area is 262 Å². The van der Waals surface area contributed by atoms with Crippen LogP contribution < -0.4 is 0 Å². The number of benzene rings is 5. The molecule has 226 valence electrons. The van der Waals surface area contributed by atoms with Gasteiger partial charge in [-0.1, -0.05) is 133 Å². The second-order valence-corrected chi connectivity index (χ2v) is 12.5. The van der Waals surface area contributed by atoms with E-state index in [2.05, 4.69) is 122 Å². The Morgan fingerprint density at radius 2 is 1.20 bits per heavy atom. The van der Waals surface area contributed by atoms with Crippen LogP contribution in [0.2, 0.25) is 0 Å². The Bertz CT molecular complexity index is 1630. The predicted octanol–water partition coefficient (Wildman–Crippen LogP) is 9.85. The lowest BCUT2D eigenvalue weighted by Gasteiger charge is -2.40. The van der Waals surface area contributed by atoms with Crippen molar-refractivity contribution < 1.29 is 9.63 Å². The van der Waals surface area contributed by atoms with Crippen LogP contribution in [-0.2, 0) is 16.2 Å². The van der Waals surface area contributed by atoms with E-state index >= 15 is 0 Å². The number of carbonyl (C=O) groups is 1. The van der Waals surface area contributed by atoms with Crippen molar-refractivity contribution in [1.82, 2.24) is 9.96 Å². The van der Waals surface area contributed by atoms with Crippen molar-refractivity contribution in [1.29, 1.82) is 0 Å². The predicted molar refractivity (Wildman–Crippen MR) is 181 cm³/mol. The largest absolute Gasteiger partial charge is 0.285 e. The van der Waals surface area contributed by atoms with E-state index in [0.29, 0.717) is 6.54 Å². The molecule has 0 aliphatic heterocycles. The second-order valence-electron chi connectivity index (χ2n) is 12.5. The van der Waals surface area contributed by atoms with Crippen LogP contribution in [0.4, 0.5) is 0 Å². The average molecular weight is 585 g/mol. The molecule has 0 radical (unpaired) electrons. The zero-order chi connectivity index (χ0) is 31.1. The van der Waals surface area contributed by atoms with Gasteiger partial charge in [-0.3, -0.25) is 14.5 Å². The highest BCUT2D eigenvalue weighted by Crippen LogP contribution is 2.37. The standard InChI is InChI=1S/C40H44N2O2/c1-30(33-20-11-7-12-21-33)41(29-32-18-9-6-10-19-32)38(35-23-13-8-14-24-35)28-39(43)42(44-40(3,4)5)31(2)36-27-17-25-34-22-15-16-26-37(34)36/h6-27,30-31,38H,28-29H2,1-5H3/t30-,31+,38+/m1/s1. The van der Waals surface area contributed by atoms with Gasteiger partial charge in [-0.15, -0.1) is 0 Å². The highest BCUT2D eigenvalue weighted by molar-refractivity contribution is 5.86. The second kappa shape index (κ2) is 14.0. The van der Waals surface area contributed by atoms with E-state index < -0.39 is 5.60 Å². The van der Waals surface area contributed by atoms with Crippen LogP contribution in [0.5, 0.6) is 0 Å². The molecule has 0 unspecified atom stereocenters. The first-order chi connectivity index (χ1) is 21.2. The molecule has 0 aromatic heterocycles. The summed E-state index contributed by atoms with van der Waals surface area (Å²) in [6.45, 7) is 11.0. The number of amides is 1. The zero-order valence-electron chi connectivity index (χ0n) is 26.6. The lowest BCUT2D eigenvalue weighted by molar-refractivity contribution is -0.243. The van der Waals surface area contributed by atoms with Gasteiger partial charge in [0.25, 0.3) is 0 Å². The van der Waals surface area contributed by atoms with E-state index in [0.717, 1.165) is 21.9 Å². The monoisotopic (exact) mass is 584 g/mol. The van der Waals surface area contributed by atoms with Crippen molar-refractivity contribution in [2.75, 3.05) is 0 Å². The smallest absolute Gasteiger partial charge is 0.248 e. The van der Waals surface area contributed by atoms with Crippen LogP contribution in [0.3, 0.4) is 0 Å². The van der Waals surface area contributed by atoms with Crippen LogP contribution in [0.1, 0.15) is 81.4 Å². The fraction of sp³-hybridized carbons (Fsp3) is 0.275. The third-order valence-corrected chi connectivity index (χ3v) is 8.18. The average Bonchev–Trinajstić information content (AvgIpc) is 3.05. The minimum absolute atomic E-state index is 0.0486. The first-order valence-corrected chi connectivity index (χ1v) is 15.6. The van der Waals surface area contributed by atoms with Gasteiger partial charge < -0.3 is 0 Å². The van der Waals surface area contributed by atoms with Crippen molar-refractivity contribution in [3.05, 3.63) is 156 Å². The number of rotatable bonds is 11. The van der Waals surface area contributed by atoms with E-state index in [4.69, 9.17) is 4.84 Å². The molecule has 0 aliphatic carbocycles. The normalized spacial score (nSPS) is 13.9. The van der Waals surface area contributed by atoms with Gasteiger partial charge in [-0.05, 0) is 67.6 Å². The molecule has 5 aromatic rings. The maximum Gasteiger partial charge on any atom is 0.248 e. The third kappa shape index (κ3) is 7.63. The molecule has 5 aromatic carbocycles. The molecule has 3 atom stereocenters. The molecule has 0 saturated carbocycles. The summed E-state index contributed by atoms with van der Waals surface area (Å²) in [6.07, 6.45) is 0.263. The van der Waals surface area contributed by atoms with Gasteiger partial charge >= 0.3 is 0 Å². The molecule has 0 heterocycles. The number of hydrogen-bond donors (Lipinski definition) is 0. The SMILES string of the molecule is C[C@H](c1ccccc1)N(Cc1ccccc1)[C@@H](CC(=O)N(OC(C)(C)C)[C@@H](C)c1cccc2ccccc12)c1ccccc1. The Kier molecular flexibility index (Phi) is 9.94. The van der Waals surface area contributed by atoms with Crippen molar-refractivity contribution in [2.24, 2.45) is 0 Å². The first-order valence-electron chi connectivity index (χ1n) is 15.6. The van der Waals surface area contributed by atoms with Gasteiger partial charge in [-0.2, -0.15) is 0 Å². The quantitative estimate of drug-likeness (QED) is 0.145. The molecular formula is C40H44N2O2. The minimum Gasteiger partial charge on any atom is -0.285 e. The first kappa shape index (κ1) is 31.2. The van der Waals surface area contributed by atoms with Gasteiger partial charge in [0.2, 0.25) is 5.91 Å². The molecule has 0 spiro atoms. The van der Waals surface area contributed by atoms with Crippen molar-refractivity contribution in [2.45, 2.75) is 71.3 Å². The van der Waals surface area contributed by atoms with Gasteiger partial charge in [-0.25, -0.2) is 5.06 Å². The Balaban J connectivity index is 1.56. The van der Waals surface area contributed by atoms with E-state index in [1.54, 1.807) is 5.06 Å². The molecular weight excluding hydrogens is 540 g/mol. The van der Waals surface area contributed by atoms with E-state index in [-0.39, 0.29) is 30.5 Å². The summed E-state index contributed by atoms with van der Waals surface area (Å²) in [5.74, 6) is -0.0486. The Hall–Kier alpha value is -4.25. The minimum atomic E-state index is -0.558. The molecule has 0 N–H and O–H groups in total. The topological polar surface area (TPSA) is 32.8 Å². The fourth-order valence-electron chi connectivity index (χ4n) is 5.97. The summed E-state index contributed by atoms with van der Waals surface area (Å²) < 4.78 is 0. The zero-order valence-corrected chi connectivity index (χ0v) is 26.6. The Morgan fingerprint density at radius 1 is 0.659 bits per heavy atom. The lowest BCUT2D eigenvalue weighted by atomic mass is 9.95. The summed E-state index contributed by atoms with van der Waals surface area (Å²) >= 11 is 0. The van der Waals surface area contributed by atoms with Gasteiger partial charge in [0.15, 0.2) is 0 Å². The molecule has 0 saturated heterocycles. The number of fused-ring (bicyclic) bond motifs is 1. The van der Waals surface area contributed by atoms with Crippen LogP contribution in [0.25, 0.3) is 10.8 Å². The Morgan fingerprint density at radius 3 is 1.84 bits per heavy atom. The van der Waals surface area contributed by atoms with Gasteiger partial charge in [0.05, 0.1) is 11.6 Å². The summed E-state index contributed by atoms with van der Waals surface area (Å²) in [7, 11) is 0. The summed E-state index contributed by atoms with van der Waals surface area (Å²) in [5.41, 5.74) is 4.03. The number of hydroxylamine groups is 2. The maximum atomic E-state index is 14.6. The fourth-order valence-corrected chi connectivity index (χ4v) is 5.97. The number of hydrogen-bond acceptors (Lipinski definition) is 3. The molecule has 4 nitrogen and oxygen atoms in total. The summed E-state index contributed by atoms with van der Waals surface area (Å²) in [6, 6.07) is 45.7.